The van der Waals surface area contributed by atoms with Gasteiger partial charge in [-0.25, -0.2) is 9.37 Å². The van der Waals surface area contributed by atoms with Gasteiger partial charge in [-0.1, -0.05) is 17.7 Å². The first-order chi connectivity index (χ1) is 6.77. The fourth-order valence-corrected chi connectivity index (χ4v) is 1.28. The second kappa shape index (κ2) is 3.67. The van der Waals surface area contributed by atoms with Crippen molar-refractivity contribution in [2.45, 2.75) is 0 Å². The van der Waals surface area contributed by atoms with Gasteiger partial charge in [0.1, 0.15) is 5.82 Å². The molecule has 5 heteroatoms. The first kappa shape index (κ1) is 9.02. The molecular weight excluding hydrogens is 205 g/mol. The van der Waals surface area contributed by atoms with Crippen LogP contribution in [0.25, 0.3) is 0 Å². The van der Waals surface area contributed by atoms with Gasteiger partial charge < -0.3 is 10.3 Å². The summed E-state index contributed by atoms with van der Waals surface area (Å²) < 4.78 is 13.3. The molecule has 0 fully saturated rings. The highest BCUT2D eigenvalue weighted by atomic mass is 35.5. The van der Waals surface area contributed by atoms with E-state index in [9.17, 15) is 4.39 Å². The minimum atomic E-state index is -0.408. The molecule has 0 spiro atoms. The third-order valence-corrected chi connectivity index (χ3v) is 2.02. The van der Waals surface area contributed by atoms with E-state index < -0.39 is 5.82 Å². The summed E-state index contributed by atoms with van der Waals surface area (Å²) in [6, 6.07) is 4.48. The summed E-state index contributed by atoms with van der Waals surface area (Å²) in [6.07, 6.45) is 3.20. The number of hydrogen-bond acceptors (Lipinski definition) is 2. The average molecular weight is 212 g/mol. The number of H-pyrrole nitrogens is 1. The second-order valence-electron chi connectivity index (χ2n) is 2.66. The van der Waals surface area contributed by atoms with Gasteiger partial charge in [-0.05, 0) is 12.1 Å². The van der Waals surface area contributed by atoms with E-state index in [0.717, 1.165) is 0 Å². The van der Waals surface area contributed by atoms with E-state index in [0.29, 0.717) is 11.0 Å². The highest BCUT2D eigenvalue weighted by molar-refractivity contribution is 6.33. The van der Waals surface area contributed by atoms with Gasteiger partial charge in [0.25, 0.3) is 0 Å². The van der Waals surface area contributed by atoms with Crippen LogP contribution in [-0.2, 0) is 0 Å². The van der Waals surface area contributed by atoms with E-state index in [-0.39, 0.29) is 5.69 Å². The molecule has 0 saturated heterocycles. The van der Waals surface area contributed by atoms with Crippen LogP contribution in [0.15, 0.2) is 30.6 Å². The summed E-state index contributed by atoms with van der Waals surface area (Å²) in [5, 5.41) is 3.07. The molecular formula is C9H7ClFN3. The molecule has 72 valence electrons. The van der Waals surface area contributed by atoms with Crippen LogP contribution in [0, 0.1) is 5.82 Å². The Labute approximate surface area is 84.9 Å². The number of aromatic amines is 1. The molecule has 3 nitrogen and oxygen atoms in total. The van der Waals surface area contributed by atoms with Gasteiger partial charge in [-0.15, -0.1) is 0 Å². The Hall–Kier alpha value is -1.55. The molecule has 1 aromatic carbocycles. The molecule has 1 heterocycles. The Bertz CT molecular complexity index is 407. The number of nitrogens with one attached hydrogen (secondary N) is 2. The topological polar surface area (TPSA) is 40.7 Å². The lowest BCUT2D eigenvalue weighted by molar-refractivity contribution is 0.632. The number of halogens is 2. The zero-order valence-electron chi connectivity index (χ0n) is 7.09. The lowest BCUT2D eigenvalue weighted by atomic mass is 10.3. The number of hydrogen-bond donors (Lipinski definition) is 2. The van der Waals surface area contributed by atoms with Gasteiger partial charge in [0.15, 0.2) is 0 Å². The molecule has 0 bridgehead atoms. The lowest BCUT2D eigenvalue weighted by Crippen LogP contribution is -1.96. The number of para-hydroxylation sites is 1. The van der Waals surface area contributed by atoms with Gasteiger partial charge in [0.05, 0.1) is 10.7 Å². The predicted octanol–water partition coefficient (Wildman–Crippen LogP) is 2.95. The first-order valence-corrected chi connectivity index (χ1v) is 4.35. The molecule has 1 aromatic heterocycles. The Morgan fingerprint density at radius 3 is 2.93 bits per heavy atom. The SMILES string of the molecule is Fc1cccc(Cl)c1Nc1ncc[nH]1. The van der Waals surface area contributed by atoms with Crippen molar-refractivity contribution < 1.29 is 4.39 Å². The van der Waals surface area contributed by atoms with Gasteiger partial charge in [0.2, 0.25) is 5.95 Å². The molecule has 0 saturated carbocycles. The normalized spacial score (nSPS) is 10.1. The summed E-state index contributed by atoms with van der Waals surface area (Å²) >= 11 is 5.80. The van der Waals surface area contributed by atoms with Gasteiger partial charge >= 0.3 is 0 Å². The molecule has 0 aliphatic carbocycles. The fraction of sp³-hybridized carbons (Fsp3) is 0. The van der Waals surface area contributed by atoms with Crippen LogP contribution in [0.1, 0.15) is 0 Å². The summed E-state index contributed by atoms with van der Waals surface area (Å²) in [6.45, 7) is 0. The van der Waals surface area contributed by atoms with Crippen molar-refractivity contribution in [3.8, 4) is 0 Å². The average Bonchev–Trinajstić information content (AvgIpc) is 2.64. The highest BCUT2D eigenvalue weighted by Crippen LogP contribution is 2.26. The van der Waals surface area contributed by atoms with Crippen LogP contribution in [0.5, 0.6) is 0 Å². The first-order valence-electron chi connectivity index (χ1n) is 3.98. The molecule has 0 aliphatic heterocycles. The number of nitrogens with zero attached hydrogens (tertiary/aromatic N) is 1. The van der Waals surface area contributed by atoms with Crippen molar-refractivity contribution in [2.75, 3.05) is 5.32 Å². The highest BCUT2D eigenvalue weighted by Gasteiger charge is 2.07. The predicted molar refractivity (Wildman–Crippen MR) is 53.3 cm³/mol. The Morgan fingerprint density at radius 1 is 1.43 bits per heavy atom. The quantitative estimate of drug-likeness (QED) is 0.802. The summed E-state index contributed by atoms with van der Waals surface area (Å²) in [5.74, 6) is 0.0471. The van der Waals surface area contributed by atoms with E-state index >= 15 is 0 Å². The number of rotatable bonds is 2. The van der Waals surface area contributed by atoms with Crippen molar-refractivity contribution in [2.24, 2.45) is 0 Å². The molecule has 0 amide bonds. The molecule has 2 rings (SSSR count). The van der Waals surface area contributed by atoms with Crippen molar-refractivity contribution in [1.29, 1.82) is 0 Å². The number of aromatic nitrogens is 2. The molecule has 2 N–H and O–H groups in total. The number of anilines is 2. The maximum Gasteiger partial charge on any atom is 0.204 e. The number of imidazole rings is 1. The van der Waals surface area contributed by atoms with Crippen LogP contribution < -0.4 is 5.32 Å². The van der Waals surface area contributed by atoms with E-state index in [1.165, 1.54) is 6.07 Å². The van der Waals surface area contributed by atoms with Gasteiger partial charge in [0, 0.05) is 12.4 Å². The zero-order valence-corrected chi connectivity index (χ0v) is 7.85. The third-order valence-electron chi connectivity index (χ3n) is 1.70. The standard InChI is InChI=1S/C9H7ClFN3/c10-6-2-1-3-7(11)8(6)14-9-12-4-5-13-9/h1-5H,(H2,12,13,14). The van der Waals surface area contributed by atoms with Crippen LogP contribution in [-0.4, -0.2) is 9.97 Å². The van der Waals surface area contributed by atoms with Crippen molar-refractivity contribution in [3.05, 3.63) is 41.4 Å². The van der Waals surface area contributed by atoms with Crippen LogP contribution in [0.4, 0.5) is 16.0 Å². The lowest BCUT2D eigenvalue weighted by Gasteiger charge is -2.05. The molecule has 0 unspecified atom stereocenters. The maximum absolute atomic E-state index is 13.3. The smallest absolute Gasteiger partial charge is 0.204 e. The Morgan fingerprint density at radius 2 is 2.29 bits per heavy atom. The number of benzene rings is 1. The van der Waals surface area contributed by atoms with E-state index in [2.05, 4.69) is 15.3 Å². The largest absolute Gasteiger partial charge is 0.331 e. The van der Waals surface area contributed by atoms with Crippen molar-refractivity contribution in [3.63, 3.8) is 0 Å². The fourth-order valence-electron chi connectivity index (χ4n) is 1.07. The minimum Gasteiger partial charge on any atom is -0.331 e. The molecule has 2 aromatic rings. The summed E-state index contributed by atoms with van der Waals surface area (Å²) in [7, 11) is 0. The van der Waals surface area contributed by atoms with E-state index in [1.54, 1.807) is 24.5 Å². The second-order valence-corrected chi connectivity index (χ2v) is 3.07. The maximum atomic E-state index is 13.3. The van der Waals surface area contributed by atoms with Gasteiger partial charge in [-0.3, -0.25) is 0 Å². The Kier molecular flexibility index (Phi) is 2.37. The third kappa shape index (κ3) is 1.70. The van der Waals surface area contributed by atoms with Crippen LogP contribution >= 0.6 is 11.6 Å². The van der Waals surface area contributed by atoms with E-state index in [4.69, 9.17) is 11.6 Å². The minimum absolute atomic E-state index is 0.226. The molecule has 0 radical (unpaired) electrons. The van der Waals surface area contributed by atoms with Gasteiger partial charge in [-0.2, -0.15) is 0 Å². The van der Waals surface area contributed by atoms with Crippen molar-refractivity contribution in [1.82, 2.24) is 9.97 Å². The van der Waals surface area contributed by atoms with E-state index in [1.807, 2.05) is 0 Å². The van der Waals surface area contributed by atoms with Crippen LogP contribution in [0.2, 0.25) is 5.02 Å². The molecule has 0 aliphatic rings. The zero-order chi connectivity index (χ0) is 9.97. The summed E-state index contributed by atoms with van der Waals surface area (Å²) in [4.78, 5) is 6.69. The molecule has 14 heavy (non-hydrogen) atoms. The van der Waals surface area contributed by atoms with Crippen LogP contribution in [0.3, 0.4) is 0 Å². The monoisotopic (exact) mass is 211 g/mol. The Balaban J connectivity index is 2.33. The van der Waals surface area contributed by atoms with Crippen molar-refractivity contribution >= 4 is 23.2 Å². The summed E-state index contributed by atoms with van der Waals surface area (Å²) in [5.41, 5.74) is 0.226. The molecule has 0 atom stereocenters.